The second kappa shape index (κ2) is 7.25. The summed E-state index contributed by atoms with van der Waals surface area (Å²) in [5.74, 6) is 0.315. The molecule has 0 aliphatic rings. The van der Waals surface area contributed by atoms with Crippen molar-refractivity contribution in [1.29, 1.82) is 0 Å². The summed E-state index contributed by atoms with van der Waals surface area (Å²) < 4.78 is 5.50. The molecule has 0 fully saturated rings. The van der Waals surface area contributed by atoms with Crippen LogP contribution in [0, 0.1) is 0 Å². The van der Waals surface area contributed by atoms with E-state index in [-0.39, 0.29) is 16.6 Å². The largest absolute Gasteiger partial charge is 0.403 e. The van der Waals surface area contributed by atoms with Crippen LogP contribution in [-0.2, 0) is 0 Å². The molecule has 0 spiro atoms. The van der Waals surface area contributed by atoms with Crippen LogP contribution in [0.15, 0.2) is 46.9 Å². The van der Waals surface area contributed by atoms with Gasteiger partial charge < -0.3 is 4.42 Å². The number of nitrogens with zero attached hydrogens (tertiary/aromatic N) is 2. The third-order valence-corrected chi connectivity index (χ3v) is 4.19. The van der Waals surface area contributed by atoms with Crippen molar-refractivity contribution in [3.8, 4) is 11.5 Å². The zero-order valence-corrected chi connectivity index (χ0v) is 15.1. The van der Waals surface area contributed by atoms with Crippen LogP contribution in [0.25, 0.3) is 11.5 Å². The molecule has 5 nitrogen and oxygen atoms in total. The molecule has 0 atom stereocenters. The van der Waals surface area contributed by atoms with Gasteiger partial charge in [-0.15, -0.1) is 5.10 Å². The van der Waals surface area contributed by atoms with Crippen LogP contribution in [0.2, 0.25) is 10.0 Å². The minimum absolute atomic E-state index is 0.000970. The van der Waals surface area contributed by atoms with Gasteiger partial charge in [0.1, 0.15) is 0 Å². The predicted molar refractivity (Wildman–Crippen MR) is 98.2 cm³/mol. The number of amides is 1. The van der Waals surface area contributed by atoms with E-state index in [4.69, 9.17) is 27.6 Å². The lowest BCUT2D eigenvalue weighted by atomic mass is 10.0. The van der Waals surface area contributed by atoms with Gasteiger partial charge in [-0.25, -0.2) is 0 Å². The van der Waals surface area contributed by atoms with Crippen molar-refractivity contribution in [3.05, 3.63) is 63.6 Å². The van der Waals surface area contributed by atoms with Crippen LogP contribution < -0.4 is 5.32 Å². The van der Waals surface area contributed by atoms with Gasteiger partial charge in [0, 0.05) is 10.6 Å². The number of anilines is 1. The quantitative estimate of drug-likeness (QED) is 0.660. The number of aromatic nitrogens is 2. The summed E-state index contributed by atoms with van der Waals surface area (Å²) in [6.45, 7) is 4.24. The summed E-state index contributed by atoms with van der Waals surface area (Å²) in [6, 6.07) is 12.4. The molecular formula is C18H15Cl2N3O2. The van der Waals surface area contributed by atoms with Gasteiger partial charge in [0.25, 0.3) is 5.91 Å². The molecule has 1 heterocycles. The van der Waals surface area contributed by atoms with Crippen molar-refractivity contribution >= 4 is 35.1 Å². The number of nitrogens with one attached hydrogen (secondary N) is 1. The average Bonchev–Trinajstić information content (AvgIpc) is 3.03. The van der Waals surface area contributed by atoms with Crippen LogP contribution in [0.1, 0.15) is 35.7 Å². The van der Waals surface area contributed by atoms with E-state index >= 15 is 0 Å². The first kappa shape index (κ1) is 17.5. The van der Waals surface area contributed by atoms with Gasteiger partial charge in [-0.1, -0.05) is 54.3 Å². The molecule has 1 amide bonds. The Morgan fingerprint density at radius 3 is 2.44 bits per heavy atom. The van der Waals surface area contributed by atoms with Crippen molar-refractivity contribution in [2.75, 3.05) is 5.32 Å². The highest BCUT2D eigenvalue weighted by atomic mass is 35.5. The van der Waals surface area contributed by atoms with Crippen LogP contribution in [0.5, 0.6) is 0 Å². The second-order valence-electron chi connectivity index (χ2n) is 5.77. The van der Waals surface area contributed by atoms with Gasteiger partial charge in [0.05, 0.1) is 10.6 Å². The maximum absolute atomic E-state index is 12.2. The van der Waals surface area contributed by atoms with E-state index in [1.165, 1.54) is 17.7 Å². The lowest BCUT2D eigenvalue weighted by Crippen LogP contribution is -2.12. The van der Waals surface area contributed by atoms with Crippen LogP contribution in [0.4, 0.5) is 6.01 Å². The van der Waals surface area contributed by atoms with Crippen molar-refractivity contribution < 1.29 is 9.21 Å². The summed E-state index contributed by atoms with van der Waals surface area (Å²) in [5, 5.41) is 11.0. The van der Waals surface area contributed by atoms with Crippen molar-refractivity contribution in [1.82, 2.24) is 10.2 Å². The molecule has 3 aromatic rings. The Bertz CT molecular complexity index is 905. The Morgan fingerprint density at radius 2 is 1.80 bits per heavy atom. The maximum Gasteiger partial charge on any atom is 0.322 e. The van der Waals surface area contributed by atoms with Crippen molar-refractivity contribution in [3.63, 3.8) is 0 Å². The molecule has 3 rings (SSSR count). The predicted octanol–water partition coefficient (Wildman–Crippen LogP) is 5.42. The van der Waals surface area contributed by atoms with Gasteiger partial charge in [0.2, 0.25) is 5.89 Å². The second-order valence-corrected chi connectivity index (χ2v) is 6.61. The normalized spacial score (nSPS) is 10.9. The number of hydrogen-bond donors (Lipinski definition) is 1. The Morgan fingerprint density at radius 1 is 1.08 bits per heavy atom. The number of halogens is 2. The van der Waals surface area contributed by atoms with E-state index in [9.17, 15) is 4.79 Å². The highest BCUT2D eigenvalue weighted by molar-refractivity contribution is 6.37. The molecule has 1 N–H and O–H groups in total. The highest BCUT2D eigenvalue weighted by Crippen LogP contribution is 2.24. The summed E-state index contributed by atoms with van der Waals surface area (Å²) >= 11 is 11.8. The fourth-order valence-corrected chi connectivity index (χ4v) is 2.73. The minimum Gasteiger partial charge on any atom is -0.403 e. The Balaban J connectivity index is 1.76. The lowest BCUT2D eigenvalue weighted by Gasteiger charge is -2.05. The van der Waals surface area contributed by atoms with E-state index in [1.54, 1.807) is 6.07 Å². The number of carbonyl (C=O) groups is 1. The summed E-state index contributed by atoms with van der Waals surface area (Å²) in [6.07, 6.45) is 0. The molecule has 128 valence electrons. The molecule has 0 aliphatic heterocycles. The molecule has 0 radical (unpaired) electrons. The third-order valence-electron chi connectivity index (χ3n) is 3.65. The molecule has 0 bridgehead atoms. The molecule has 0 saturated heterocycles. The van der Waals surface area contributed by atoms with Crippen LogP contribution >= 0.6 is 23.2 Å². The molecule has 0 saturated carbocycles. The number of carbonyl (C=O) groups excluding carboxylic acids is 1. The lowest BCUT2D eigenvalue weighted by molar-refractivity contribution is 0.102. The van der Waals surface area contributed by atoms with Gasteiger partial charge >= 0.3 is 6.01 Å². The first-order chi connectivity index (χ1) is 11.9. The topological polar surface area (TPSA) is 68.0 Å². The van der Waals surface area contributed by atoms with Gasteiger partial charge in [-0.3, -0.25) is 10.1 Å². The van der Waals surface area contributed by atoms with Gasteiger partial charge in [0.15, 0.2) is 0 Å². The smallest absolute Gasteiger partial charge is 0.322 e. The van der Waals surface area contributed by atoms with E-state index in [0.717, 1.165) is 5.56 Å². The first-order valence-corrected chi connectivity index (χ1v) is 8.40. The SMILES string of the molecule is CC(C)c1ccc(-c2nnc(NC(=O)c3ccc(Cl)cc3Cl)o2)cc1. The zero-order valence-electron chi connectivity index (χ0n) is 13.6. The van der Waals surface area contributed by atoms with Crippen molar-refractivity contribution in [2.24, 2.45) is 0 Å². The molecule has 1 aromatic heterocycles. The minimum atomic E-state index is -0.452. The van der Waals surface area contributed by atoms with Crippen LogP contribution in [0.3, 0.4) is 0 Å². The molecular weight excluding hydrogens is 361 g/mol. The molecule has 0 aliphatic carbocycles. The van der Waals surface area contributed by atoms with Gasteiger partial charge in [-0.05, 0) is 41.8 Å². The Kier molecular flexibility index (Phi) is 5.06. The summed E-state index contributed by atoms with van der Waals surface area (Å²) in [7, 11) is 0. The first-order valence-electron chi connectivity index (χ1n) is 7.64. The fourth-order valence-electron chi connectivity index (χ4n) is 2.24. The monoisotopic (exact) mass is 375 g/mol. The number of benzene rings is 2. The average molecular weight is 376 g/mol. The molecule has 25 heavy (non-hydrogen) atoms. The van der Waals surface area contributed by atoms with Gasteiger partial charge in [-0.2, -0.15) is 0 Å². The van der Waals surface area contributed by atoms with E-state index in [0.29, 0.717) is 16.8 Å². The highest BCUT2D eigenvalue weighted by Gasteiger charge is 2.15. The number of hydrogen-bond acceptors (Lipinski definition) is 4. The van der Waals surface area contributed by atoms with Crippen LogP contribution in [-0.4, -0.2) is 16.1 Å². The zero-order chi connectivity index (χ0) is 18.0. The Hall–Kier alpha value is -2.37. The fraction of sp³-hybridized carbons (Fsp3) is 0.167. The third kappa shape index (κ3) is 4.00. The summed E-state index contributed by atoms with van der Waals surface area (Å²) in [4.78, 5) is 12.2. The standard InChI is InChI=1S/C18H15Cl2N3O2/c1-10(2)11-3-5-12(6-4-11)17-22-23-18(25-17)21-16(24)14-8-7-13(19)9-15(14)20/h3-10H,1-2H3,(H,21,23,24). The van der Waals surface area contributed by atoms with E-state index in [2.05, 4.69) is 29.4 Å². The molecule has 7 heteroatoms. The van der Waals surface area contributed by atoms with Crippen molar-refractivity contribution in [2.45, 2.75) is 19.8 Å². The molecule has 2 aromatic carbocycles. The maximum atomic E-state index is 12.2. The molecule has 0 unspecified atom stereocenters. The van der Waals surface area contributed by atoms with E-state index in [1.807, 2.05) is 24.3 Å². The summed E-state index contributed by atoms with van der Waals surface area (Å²) in [5.41, 5.74) is 2.27. The van der Waals surface area contributed by atoms with E-state index < -0.39 is 5.91 Å². The number of rotatable bonds is 4. The Labute approximate surface area is 155 Å².